The van der Waals surface area contributed by atoms with Crippen LogP contribution in [-0.4, -0.2) is 13.6 Å². The third-order valence-corrected chi connectivity index (χ3v) is 4.56. The average molecular weight is 262 g/mol. The van der Waals surface area contributed by atoms with Crippen LogP contribution in [0.2, 0.25) is 0 Å². The van der Waals surface area contributed by atoms with Crippen molar-refractivity contribution in [3.8, 4) is 0 Å². The number of halogens is 1. The van der Waals surface area contributed by atoms with E-state index in [2.05, 4.69) is 5.16 Å². The van der Waals surface area contributed by atoms with Gasteiger partial charge in [0, 0.05) is 22.7 Å². The summed E-state index contributed by atoms with van der Waals surface area (Å²) in [7, 11) is 1.71. The molecule has 16 heavy (non-hydrogen) atoms. The fraction of sp³-hybridized carbons (Fsp3) is 0.700. The van der Waals surface area contributed by atoms with E-state index in [0.29, 0.717) is 17.5 Å². The minimum absolute atomic E-state index is 0.214. The number of nitrogens with zero attached hydrogens (tertiary/aromatic N) is 1. The molecule has 2 aliphatic carbocycles. The standard InChI is InChI=1S/C10H12ClNO3S/c11-16(13,14)5-8-10-7-2-1-6(3-7)4-9(10)15-12-8/h6-7H,1-5H2/t6-,7+/m0/s1. The van der Waals surface area contributed by atoms with Gasteiger partial charge >= 0.3 is 0 Å². The predicted molar refractivity (Wildman–Crippen MR) is 58.8 cm³/mol. The van der Waals surface area contributed by atoms with Gasteiger partial charge in [0.25, 0.3) is 0 Å². The molecule has 1 aromatic rings. The van der Waals surface area contributed by atoms with Gasteiger partial charge in [-0.1, -0.05) is 5.16 Å². The lowest BCUT2D eigenvalue weighted by atomic mass is 9.86. The highest BCUT2D eigenvalue weighted by atomic mass is 35.7. The molecule has 1 saturated carbocycles. The van der Waals surface area contributed by atoms with Gasteiger partial charge in [0.05, 0.1) is 0 Å². The van der Waals surface area contributed by atoms with Crippen LogP contribution in [0.1, 0.15) is 42.2 Å². The molecule has 4 nitrogen and oxygen atoms in total. The molecule has 1 aromatic heterocycles. The highest BCUT2D eigenvalue weighted by Gasteiger charge is 2.38. The van der Waals surface area contributed by atoms with Crippen molar-refractivity contribution < 1.29 is 12.9 Å². The first-order valence-electron chi connectivity index (χ1n) is 5.42. The van der Waals surface area contributed by atoms with Crippen LogP contribution < -0.4 is 0 Å². The molecule has 0 unspecified atom stereocenters. The molecular formula is C10H12ClNO3S. The molecule has 2 aliphatic rings. The van der Waals surface area contributed by atoms with Crippen LogP contribution >= 0.6 is 10.7 Å². The van der Waals surface area contributed by atoms with E-state index in [1.54, 1.807) is 0 Å². The maximum atomic E-state index is 11.1. The molecule has 88 valence electrons. The van der Waals surface area contributed by atoms with Gasteiger partial charge in [-0.15, -0.1) is 0 Å². The molecule has 2 atom stereocenters. The second-order valence-corrected chi connectivity index (χ2v) is 7.51. The quantitative estimate of drug-likeness (QED) is 0.766. The van der Waals surface area contributed by atoms with E-state index in [1.807, 2.05) is 0 Å². The lowest BCUT2D eigenvalue weighted by molar-refractivity contribution is 0.346. The molecule has 1 fully saturated rings. The number of fused-ring (bicyclic) bond motifs is 4. The summed E-state index contributed by atoms with van der Waals surface area (Å²) in [5.74, 6) is 1.81. The molecule has 0 aliphatic heterocycles. The van der Waals surface area contributed by atoms with E-state index >= 15 is 0 Å². The van der Waals surface area contributed by atoms with E-state index in [-0.39, 0.29) is 5.75 Å². The first-order chi connectivity index (χ1) is 7.53. The Kier molecular flexibility index (Phi) is 2.30. The van der Waals surface area contributed by atoms with Crippen molar-refractivity contribution >= 4 is 19.7 Å². The molecule has 0 spiro atoms. The highest BCUT2D eigenvalue weighted by molar-refractivity contribution is 8.13. The molecular weight excluding hydrogens is 250 g/mol. The van der Waals surface area contributed by atoms with Gasteiger partial charge in [0.15, 0.2) is 0 Å². The van der Waals surface area contributed by atoms with Crippen molar-refractivity contribution in [2.75, 3.05) is 0 Å². The maximum absolute atomic E-state index is 11.1. The normalized spacial score (nSPS) is 28.1. The molecule has 0 saturated heterocycles. The molecule has 0 amide bonds. The van der Waals surface area contributed by atoms with Crippen LogP contribution in [0.15, 0.2) is 4.52 Å². The zero-order valence-corrected chi connectivity index (χ0v) is 10.2. The first kappa shape index (κ1) is 10.6. The van der Waals surface area contributed by atoms with E-state index < -0.39 is 9.05 Å². The molecule has 3 rings (SSSR count). The van der Waals surface area contributed by atoms with E-state index in [9.17, 15) is 8.42 Å². The minimum atomic E-state index is -3.55. The van der Waals surface area contributed by atoms with Crippen molar-refractivity contribution in [1.82, 2.24) is 5.16 Å². The second kappa shape index (κ2) is 3.47. The van der Waals surface area contributed by atoms with Crippen LogP contribution in [0, 0.1) is 5.92 Å². The van der Waals surface area contributed by atoms with Gasteiger partial charge in [-0.25, -0.2) is 8.42 Å². The summed E-state index contributed by atoms with van der Waals surface area (Å²) in [5.41, 5.74) is 1.55. The van der Waals surface area contributed by atoms with Crippen LogP contribution in [0.4, 0.5) is 0 Å². The van der Waals surface area contributed by atoms with Crippen molar-refractivity contribution in [2.45, 2.75) is 37.4 Å². The monoisotopic (exact) mass is 261 g/mol. The number of aromatic nitrogens is 1. The molecule has 0 aromatic carbocycles. The van der Waals surface area contributed by atoms with Gasteiger partial charge in [-0.3, -0.25) is 0 Å². The zero-order valence-electron chi connectivity index (χ0n) is 8.65. The maximum Gasteiger partial charge on any atom is 0.238 e. The summed E-state index contributed by atoms with van der Waals surface area (Å²) in [5, 5.41) is 3.86. The number of rotatable bonds is 2. The Balaban J connectivity index is 2.00. The summed E-state index contributed by atoms with van der Waals surface area (Å²) in [6.07, 6.45) is 4.38. The fourth-order valence-electron chi connectivity index (χ4n) is 3.03. The van der Waals surface area contributed by atoms with Gasteiger partial charge in [-0.2, -0.15) is 0 Å². The minimum Gasteiger partial charge on any atom is -0.361 e. The summed E-state index contributed by atoms with van der Waals surface area (Å²) < 4.78 is 27.4. The van der Waals surface area contributed by atoms with Gasteiger partial charge in [0.2, 0.25) is 9.05 Å². The topological polar surface area (TPSA) is 60.2 Å². The van der Waals surface area contributed by atoms with Crippen LogP contribution in [0.5, 0.6) is 0 Å². The van der Waals surface area contributed by atoms with Crippen LogP contribution in [0.25, 0.3) is 0 Å². The van der Waals surface area contributed by atoms with Gasteiger partial charge in [0.1, 0.15) is 17.2 Å². The molecule has 0 radical (unpaired) electrons. The summed E-state index contributed by atoms with van der Waals surface area (Å²) in [6.45, 7) is 0. The van der Waals surface area contributed by atoms with Crippen LogP contribution in [-0.2, 0) is 21.2 Å². The Morgan fingerprint density at radius 2 is 2.25 bits per heavy atom. The second-order valence-electron chi connectivity index (χ2n) is 4.73. The smallest absolute Gasteiger partial charge is 0.238 e. The van der Waals surface area contributed by atoms with Crippen molar-refractivity contribution in [3.05, 3.63) is 17.0 Å². The first-order valence-corrected chi connectivity index (χ1v) is 7.90. The molecule has 6 heteroatoms. The van der Waals surface area contributed by atoms with E-state index in [1.165, 1.54) is 6.42 Å². The lowest BCUT2D eigenvalue weighted by Gasteiger charge is -2.17. The highest BCUT2D eigenvalue weighted by Crippen LogP contribution is 2.47. The predicted octanol–water partition coefficient (Wildman–Crippen LogP) is 2.18. The Morgan fingerprint density at radius 3 is 3.00 bits per heavy atom. The van der Waals surface area contributed by atoms with Crippen molar-refractivity contribution in [2.24, 2.45) is 5.92 Å². The Morgan fingerprint density at radius 1 is 1.44 bits per heavy atom. The van der Waals surface area contributed by atoms with Crippen molar-refractivity contribution in [3.63, 3.8) is 0 Å². The largest absolute Gasteiger partial charge is 0.361 e. The molecule has 1 heterocycles. The summed E-state index contributed by atoms with van der Waals surface area (Å²) >= 11 is 0. The third kappa shape index (κ3) is 1.76. The third-order valence-electron chi connectivity index (χ3n) is 3.61. The van der Waals surface area contributed by atoms with Gasteiger partial charge in [-0.05, 0) is 31.1 Å². The zero-order chi connectivity index (χ0) is 11.3. The Labute approximate surface area is 98.4 Å². The van der Waals surface area contributed by atoms with Gasteiger partial charge < -0.3 is 4.52 Å². The summed E-state index contributed by atoms with van der Waals surface area (Å²) in [6, 6.07) is 0. The Hall–Kier alpha value is -0.550. The van der Waals surface area contributed by atoms with Crippen LogP contribution in [0.3, 0.4) is 0 Å². The average Bonchev–Trinajstić information content (AvgIpc) is 2.71. The number of hydrogen-bond donors (Lipinski definition) is 0. The fourth-order valence-corrected chi connectivity index (χ4v) is 3.88. The van der Waals surface area contributed by atoms with E-state index in [4.69, 9.17) is 15.2 Å². The lowest BCUT2D eigenvalue weighted by Crippen LogP contribution is -2.10. The van der Waals surface area contributed by atoms with E-state index in [0.717, 1.165) is 30.6 Å². The number of hydrogen-bond acceptors (Lipinski definition) is 4. The molecule has 0 N–H and O–H groups in total. The summed E-state index contributed by atoms with van der Waals surface area (Å²) in [4.78, 5) is 0. The van der Waals surface area contributed by atoms with Crippen molar-refractivity contribution in [1.29, 1.82) is 0 Å². The Bertz CT molecular complexity index is 522. The SMILES string of the molecule is O=S(=O)(Cl)Cc1noc2c1[C@@H]1CC[C@H](C2)C1. The molecule has 2 bridgehead atoms.